The Morgan fingerprint density at radius 1 is 1.43 bits per heavy atom. The lowest BCUT2D eigenvalue weighted by Crippen LogP contribution is -2.29. The summed E-state index contributed by atoms with van der Waals surface area (Å²) in [6.07, 6.45) is 2.70. The molecule has 0 aromatic carbocycles. The number of aromatic nitrogens is 2. The number of nitrogens with zero attached hydrogens (tertiary/aromatic N) is 3. The Labute approximate surface area is 125 Å². The monoisotopic (exact) mass is 307 g/mol. The minimum absolute atomic E-state index is 0.397. The van der Waals surface area contributed by atoms with Crippen LogP contribution in [0.1, 0.15) is 17.5 Å². The zero-order valence-corrected chi connectivity index (χ0v) is 12.6. The van der Waals surface area contributed by atoms with E-state index in [1.54, 1.807) is 13.1 Å². The van der Waals surface area contributed by atoms with Gasteiger partial charge in [-0.15, -0.1) is 11.3 Å². The summed E-state index contributed by atoms with van der Waals surface area (Å²) < 4.78 is 13.2. The molecule has 0 aliphatic carbocycles. The molecular formula is C13H14FN5OS. The molecule has 2 N–H and O–H groups in total. The van der Waals surface area contributed by atoms with Crippen molar-refractivity contribution in [3.63, 3.8) is 0 Å². The second-order valence-corrected chi connectivity index (χ2v) is 5.21. The number of carbonyl (C=O) groups is 1. The van der Waals surface area contributed by atoms with Crippen molar-refractivity contribution in [3.8, 4) is 10.6 Å². The fourth-order valence-electron chi connectivity index (χ4n) is 1.63. The molecule has 2 aromatic heterocycles. The third-order valence-electron chi connectivity index (χ3n) is 2.63. The first-order valence-electron chi connectivity index (χ1n) is 6.12. The van der Waals surface area contributed by atoms with Crippen molar-refractivity contribution in [2.45, 2.75) is 13.8 Å². The van der Waals surface area contributed by atoms with Gasteiger partial charge in [-0.2, -0.15) is 5.10 Å². The van der Waals surface area contributed by atoms with Crippen LogP contribution in [0.3, 0.4) is 0 Å². The van der Waals surface area contributed by atoms with Crippen LogP contribution in [-0.2, 0) is 0 Å². The van der Waals surface area contributed by atoms with Gasteiger partial charge in [-0.25, -0.2) is 19.6 Å². The number of hydrogen-bond donors (Lipinski definition) is 2. The largest absolute Gasteiger partial charge is 0.340 e. The first-order chi connectivity index (χ1) is 10.0. The molecule has 0 radical (unpaired) electrons. The Morgan fingerprint density at radius 3 is 2.86 bits per heavy atom. The van der Waals surface area contributed by atoms with Crippen LogP contribution < -0.4 is 10.7 Å². The standard InChI is InChI=1S/C13H14FN5OS/c1-7-11(8(2)18-19-13(20)15-3)21-12(17-7)9-4-10(14)6-16-5-9/h4-6H,1-3H3,(H2,15,19,20)/b18-8+. The molecule has 8 heteroatoms. The highest BCUT2D eigenvalue weighted by Gasteiger charge is 2.13. The Hall–Kier alpha value is -2.35. The van der Waals surface area contributed by atoms with Gasteiger partial charge < -0.3 is 5.32 Å². The molecule has 0 bridgehead atoms. The fourth-order valence-corrected chi connectivity index (χ4v) is 2.62. The van der Waals surface area contributed by atoms with E-state index in [1.165, 1.54) is 24.5 Å². The molecule has 0 spiro atoms. The first kappa shape index (κ1) is 15.0. The predicted molar refractivity (Wildman–Crippen MR) is 79.8 cm³/mol. The average molecular weight is 307 g/mol. The predicted octanol–water partition coefficient (Wildman–Crippen LogP) is 2.31. The van der Waals surface area contributed by atoms with Gasteiger partial charge in [0, 0.05) is 18.8 Å². The van der Waals surface area contributed by atoms with Crippen molar-refractivity contribution in [1.82, 2.24) is 20.7 Å². The number of amides is 2. The first-order valence-corrected chi connectivity index (χ1v) is 6.93. The van der Waals surface area contributed by atoms with Gasteiger partial charge in [0.1, 0.15) is 10.8 Å². The van der Waals surface area contributed by atoms with Gasteiger partial charge in [-0.05, 0) is 19.9 Å². The molecule has 0 unspecified atom stereocenters. The molecule has 2 heterocycles. The lowest BCUT2D eigenvalue weighted by Gasteiger charge is -2.00. The highest BCUT2D eigenvalue weighted by Crippen LogP contribution is 2.28. The maximum absolute atomic E-state index is 13.2. The molecule has 21 heavy (non-hydrogen) atoms. The molecular weight excluding hydrogens is 293 g/mol. The SMILES string of the molecule is CNC(=O)N/N=C(\C)c1sc(-c2cncc(F)c2)nc1C. The summed E-state index contributed by atoms with van der Waals surface area (Å²) >= 11 is 1.37. The number of hydrogen-bond acceptors (Lipinski definition) is 5. The Kier molecular flexibility index (Phi) is 4.59. The molecule has 110 valence electrons. The number of rotatable bonds is 3. The Morgan fingerprint density at radius 2 is 2.19 bits per heavy atom. The zero-order chi connectivity index (χ0) is 15.4. The van der Waals surface area contributed by atoms with Crippen molar-refractivity contribution in [1.29, 1.82) is 0 Å². The smallest absolute Gasteiger partial charge is 0.334 e. The van der Waals surface area contributed by atoms with Gasteiger partial charge in [0.05, 0.1) is 22.5 Å². The summed E-state index contributed by atoms with van der Waals surface area (Å²) in [5, 5.41) is 7.05. The van der Waals surface area contributed by atoms with E-state index in [1.807, 2.05) is 6.92 Å². The number of pyridine rings is 1. The normalized spacial score (nSPS) is 11.3. The van der Waals surface area contributed by atoms with E-state index in [2.05, 4.69) is 25.8 Å². The van der Waals surface area contributed by atoms with Crippen LogP contribution >= 0.6 is 11.3 Å². The molecule has 2 amide bonds. The second kappa shape index (κ2) is 6.40. The van der Waals surface area contributed by atoms with Crippen LogP contribution in [0, 0.1) is 12.7 Å². The molecule has 0 aliphatic rings. The lowest BCUT2D eigenvalue weighted by molar-refractivity contribution is 0.243. The minimum Gasteiger partial charge on any atom is -0.340 e. The van der Waals surface area contributed by atoms with E-state index in [9.17, 15) is 9.18 Å². The zero-order valence-electron chi connectivity index (χ0n) is 11.8. The van der Waals surface area contributed by atoms with E-state index < -0.39 is 11.8 Å². The topological polar surface area (TPSA) is 79.3 Å². The number of carbonyl (C=O) groups excluding carboxylic acids is 1. The quantitative estimate of drug-likeness (QED) is 0.674. The minimum atomic E-state index is -0.409. The van der Waals surface area contributed by atoms with Gasteiger partial charge >= 0.3 is 6.03 Å². The molecule has 0 saturated carbocycles. The molecule has 6 nitrogen and oxygen atoms in total. The number of nitrogens with one attached hydrogen (secondary N) is 2. The van der Waals surface area contributed by atoms with E-state index >= 15 is 0 Å². The highest BCUT2D eigenvalue weighted by atomic mass is 32.1. The van der Waals surface area contributed by atoms with Gasteiger partial charge in [0.25, 0.3) is 0 Å². The van der Waals surface area contributed by atoms with Crippen molar-refractivity contribution in [3.05, 3.63) is 34.8 Å². The summed E-state index contributed by atoms with van der Waals surface area (Å²) in [5.74, 6) is -0.409. The molecule has 0 fully saturated rings. The van der Waals surface area contributed by atoms with E-state index in [0.29, 0.717) is 16.3 Å². The van der Waals surface area contributed by atoms with Gasteiger partial charge in [0.15, 0.2) is 0 Å². The summed E-state index contributed by atoms with van der Waals surface area (Å²) in [6, 6.07) is 0.982. The third-order valence-corrected chi connectivity index (χ3v) is 3.94. The molecule has 0 atom stereocenters. The fraction of sp³-hybridized carbons (Fsp3) is 0.231. The third kappa shape index (κ3) is 3.60. The van der Waals surface area contributed by atoms with E-state index in [0.717, 1.165) is 16.8 Å². The number of halogens is 1. The van der Waals surface area contributed by atoms with Crippen molar-refractivity contribution in [2.24, 2.45) is 5.10 Å². The highest BCUT2D eigenvalue weighted by molar-refractivity contribution is 7.17. The van der Waals surface area contributed by atoms with Crippen LogP contribution in [0.2, 0.25) is 0 Å². The Balaban J connectivity index is 2.29. The summed E-state index contributed by atoms with van der Waals surface area (Å²) in [7, 11) is 1.51. The van der Waals surface area contributed by atoms with Crippen LogP contribution in [-0.4, -0.2) is 28.8 Å². The summed E-state index contributed by atoms with van der Waals surface area (Å²) in [5.41, 5.74) is 4.36. The lowest BCUT2D eigenvalue weighted by atomic mass is 10.3. The van der Waals surface area contributed by atoms with Gasteiger partial charge in [-0.3, -0.25) is 4.98 Å². The molecule has 2 aromatic rings. The number of aryl methyl sites for hydroxylation is 1. The average Bonchev–Trinajstić information content (AvgIpc) is 2.86. The van der Waals surface area contributed by atoms with E-state index in [-0.39, 0.29) is 0 Å². The number of urea groups is 1. The van der Waals surface area contributed by atoms with E-state index in [4.69, 9.17) is 0 Å². The maximum atomic E-state index is 13.2. The Bertz CT molecular complexity index is 698. The number of hydrazone groups is 1. The van der Waals surface area contributed by atoms with Crippen molar-refractivity contribution in [2.75, 3.05) is 7.05 Å². The summed E-state index contributed by atoms with van der Waals surface area (Å²) in [6.45, 7) is 3.60. The van der Waals surface area contributed by atoms with Crippen LogP contribution in [0.25, 0.3) is 10.6 Å². The van der Waals surface area contributed by atoms with Crippen molar-refractivity contribution < 1.29 is 9.18 Å². The summed E-state index contributed by atoms with van der Waals surface area (Å²) in [4.78, 5) is 20.1. The number of thiazole rings is 1. The molecule has 0 aliphatic heterocycles. The molecule has 0 saturated heterocycles. The van der Waals surface area contributed by atoms with Gasteiger partial charge in [0.2, 0.25) is 0 Å². The van der Waals surface area contributed by atoms with Crippen LogP contribution in [0.5, 0.6) is 0 Å². The van der Waals surface area contributed by atoms with Gasteiger partial charge in [-0.1, -0.05) is 0 Å². The maximum Gasteiger partial charge on any atom is 0.334 e. The van der Waals surface area contributed by atoms with Crippen molar-refractivity contribution >= 4 is 23.1 Å². The molecule has 2 rings (SSSR count). The van der Waals surface area contributed by atoms with Crippen LogP contribution in [0.15, 0.2) is 23.6 Å². The van der Waals surface area contributed by atoms with Crippen LogP contribution in [0.4, 0.5) is 9.18 Å². The second-order valence-electron chi connectivity index (χ2n) is 4.21.